The Morgan fingerprint density at radius 3 is 1.78 bits per heavy atom. The molecule has 0 saturated heterocycles. The first-order chi connectivity index (χ1) is 12.4. The van der Waals surface area contributed by atoms with Crippen LogP contribution < -0.4 is 0 Å². The number of alkyl halides is 7. The molecular weight excluding hydrogens is 405 g/mol. The lowest BCUT2D eigenvalue weighted by molar-refractivity contribution is -0.348. The molecule has 0 aromatic heterocycles. The van der Waals surface area contributed by atoms with Crippen molar-refractivity contribution in [3.63, 3.8) is 0 Å². The second-order valence-corrected chi connectivity index (χ2v) is 5.83. The molecular formula is C17H10ClF7O2. The minimum atomic E-state index is -6.64. The van der Waals surface area contributed by atoms with Crippen molar-refractivity contribution in [1.82, 2.24) is 0 Å². The molecule has 0 N–H and O–H groups in total. The molecule has 0 amide bonds. The van der Waals surface area contributed by atoms with Crippen molar-refractivity contribution in [3.8, 4) is 0 Å². The van der Waals surface area contributed by atoms with E-state index in [9.17, 15) is 35.5 Å². The summed E-state index contributed by atoms with van der Waals surface area (Å²) in [5.74, 6) is -15.7. The first-order valence-electron chi connectivity index (χ1n) is 7.22. The summed E-state index contributed by atoms with van der Waals surface area (Å²) in [5.41, 5.74) is 0.129. The number of hydrogen-bond acceptors (Lipinski definition) is 2. The number of halogens is 8. The summed E-state index contributed by atoms with van der Waals surface area (Å²) in [6.07, 6.45) is -8.29. The second-order valence-electron chi connectivity index (χ2n) is 5.39. The van der Waals surface area contributed by atoms with E-state index in [0.29, 0.717) is 0 Å². The van der Waals surface area contributed by atoms with Crippen molar-refractivity contribution >= 4 is 17.6 Å². The van der Waals surface area contributed by atoms with Crippen molar-refractivity contribution in [2.45, 2.75) is 24.1 Å². The Balaban J connectivity index is 2.41. The van der Waals surface area contributed by atoms with E-state index in [1.165, 1.54) is 54.6 Å². The van der Waals surface area contributed by atoms with Crippen LogP contribution in [0.2, 0.25) is 5.02 Å². The van der Waals surface area contributed by atoms with Crippen LogP contribution in [0.1, 0.15) is 17.2 Å². The van der Waals surface area contributed by atoms with Crippen molar-refractivity contribution in [3.05, 3.63) is 70.7 Å². The Labute approximate surface area is 153 Å². The van der Waals surface area contributed by atoms with E-state index in [2.05, 4.69) is 4.74 Å². The van der Waals surface area contributed by atoms with E-state index in [-0.39, 0.29) is 16.1 Å². The van der Waals surface area contributed by atoms with Gasteiger partial charge >= 0.3 is 24.0 Å². The summed E-state index contributed by atoms with van der Waals surface area (Å²) in [5, 5.41) is 0.242. The van der Waals surface area contributed by atoms with Crippen LogP contribution in [0.5, 0.6) is 0 Å². The molecule has 27 heavy (non-hydrogen) atoms. The predicted octanol–water partition coefficient (Wildman–Crippen LogP) is 5.81. The van der Waals surface area contributed by atoms with Gasteiger partial charge in [-0.2, -0.15) is 30.7 Å². The number of hydrogen-bond donors (Lipinski definition) is 0. The molecule has 0 spiro atoms. The Morgan fingerprint density at radius 2 is 1.30 bits per heavy atom. The maximum atomic E-state index is 13.6. The van der Waals surface area contributed by atoms with Crippen LogP contribution >= 0.6 is 11.6 Å². The molecule has 0 aliphatic carbocycles. The topological polar surface area (TPSA) is 26.3 Å². The highest BCUT2D eigenvalue weighted by Crippen LogP contribution is 2.47. The molecule has 0 heterocycles. The SMILES string of the molecule is O=C(OC(c1ccccc1)c1ccc(Cl)cc1)C(F)(F)C(F)(F)C(F)(F)F. The van der Waals surface area contributed by atoms with Crippen molar-refractivity contribution < 1.29 is 40.3 Å². The summed E-state index contributed by atoms with van der Waals surface area (Å²) in [7, 11) is 0. The van der Waals surface area contributed by atoms with Crippen LogP contribution in [0.3, 0.4) is 0 Å². The molecule has 10 heteroatoms. The van der Waals surface area contributed by atoms with Crippen LogP contribution in [0.25, 0.3) is 0 Å². The third-order valence-corrected chi connectivity index (χ3v) is 3.76. The van der Waals surface area contributed by atoms with Gasteiger partial charge < -0.3 is 4.74 Å². The van der Waals surface area contributed by atoms with Crippen LogP contribution in [0, 0.1) is 0 Å². The van der Waals surface area contributed by atoms with Gasteiger partial charge in [0.2, 0.25) is 0 Å². The van der Waals surface area contributed by atoms with E-state index >= 15 is 0 Å². The van der Waals surface area contributed by atoms with Crippen molar-refractivity contribution in [2.24, 2.45) is 0 Å². The molecule has 1 atom stereocenters. The van der Waals surface area contributed by atoms with E-state index in [1.54, 1.807) is 0 Å². The Bertz CT molecular complexity index is 789. The van der Waals surface area contributed by atoms with Crippen LogP contribution in [0.4, 0.5) is 30.7 Å². The van der Waals surface area contributed by atoms with Gasteiger partial charge in [-0.1, -0.05) is 54.1 Å². The predicted molar refractivity (Wildman–Crippen MR) is 81.8 cm³/mol. The molecule has 2 rings (SSSR count). The van der Waals surface area contributed by atoms with Gasteiger partial charge in [0.05, 0.1) is 0 Å². The first-order valence-corrected chi connectivity index (χ1v) is 7.59. The van der Waals surface area contributed by atoms with Gasteiger partial charge in [-0.3, -0.25) is 0 Å². The Morgan fingerprint density at radius 1 is 0.815 bits per heavy atom. The summed E-state index contributed by atoms with van der Waals surface area (Å²) < 4.78 is 94.5. The van der Waals surface area contributed by atoms with Gasteiger partial charge in [0.15, 0.2) is 6.10 Å². The van der Waals surface area contributed by atoms with Crippen molar-refractivity contribution in [1.29, 1.82) is 0 Å². The van der Waals surface area contributed by atoms with E-state index in [0.717, 1.165) is 0 Å². The Hall–Kier alpha value is -2.29. The van der Waals surface area contributed by atoms with E-state index in [1.807, 2.05) is 0 Å². The Kier molecular flexibility index (Phi) is 5.74. The van der Waals surface area contributed by atoms with E-state index in [4.69, 9.17) is 11.6 Å². The molecule has 0 aliphatic rings. The lowest BCUT2D eigenvalue weighted by atomic mass is 10.0. The van der Waals surface area contributed by atoms with Crippen LogP contribution in [0.15, 0.2) is 54.6 Å². The monoisotopic (exact) mass is 414 g/mol. The quantitative estimate of drug-likeness (QED) is 0.456. The summed E-state index contributed by atoms with van der Waals surface area (Å²) in [4.78, 5) is 11.6. The molecule has 2 nitrogen and oxygen atoms in total. The number of benzene rings is 2. The lowest BCUT2D eigenvalue weighted by Gasteiger charge is -2.28. The van der Waals surface area contributed by atoms with E-state index < -0.39 is 30.1 Å². The highest BCUT2D eigenvalue weighted by atomic mass is 35.5. The molecule has 0 aliphatic heterocycles. The normalized spacial score (nSPS) is 13.9. The fourth-order valence-corrected chi connectivity index (χ4v) is 2.21. The fourth-order valence-electron chi connectivity index (χ4n) is 2.08. The lowest BCUT2D eigenvalue weighted by Crippen LogP contribution is -2.56. The summed E-state index contributed by atoms with van der Waals surface area (Å²) in [6, 6.07) is 12.2. The number of carbonyl (C=O) groups excluding carboxylic acids is 1. The van der Waals surface area contributed by atoms with Gasteiger partial charge in [0, 0.05) is 5.02 Å². The smallest absolute Gasteiger partial charge is 0.448 e. The number of ether oxygens (including phenoxy) is 1. The molecule has 2 aromatic carbocycles. The highest BCUT2D eigenvalue weighted by Gasteiger charge is 2.77. The maximum absolute atomic E-state index is 13.6. The minimum absolute atomic E-state index is 0.0464. The zero-order chi connectivity index (χ0) is 20.5. The average Bonchev–Trinajstić information content (AvgIpc) is 2.60. The molecule has 0 bridgehead atoms. The third kappa shape index (κ3) is 4.18. The molecule has 146 valence electrons. The van der Waals surface area contributed by atoms with Gasteiger partial charge in [-0.25, -0.2) is 4.79 Å². The van der Waals surface area contributed by atoms with Gasteiger partial charge in [-0.05, 0) is 23.3 Å². The van der Waals surface area contributed by atoms with Crippen LogP contribution in [-0.4, -0.2) is 24.0 Å². The second kappa shape index (κ2) is 7.38. The molecule has 0 radical (unpaired) electrons. The minimum Gasteiger partial charge on any atom is -0.448 e. The van der Waals surface area contributed by atoms with Gasteiger partial charge in [0.1, 0.15) is 0 Å². The summed E-state index contributed by atoms with van der Waals surface area (Å²) >= 11 is 5.70. The average molecular weight is 415 g/mol. The number of esters is 1. The van der Waals surface area contributed by atoms with Gasteiger partial charge in [-0.15, -0.1) is 0 Å². The summed E-state index contributed by atoms with van der Waals surface area (Å²) in [6.45, 7) is 0. The van der Waals surface area contributed by atoms with Crippen molar-refractivity contribution in [2.75, 3.05) is 0 Å². The van der Waals surface area contributed by atoms with Crippen LogP contribution in [-0.2, 0) is 9.53 Å². The molecule has 2 aromatic rings. The number of rotatable bonds is 5. The molecule has 0 fully saturated rings. The standard InChI is InChI=1S/C17H10ClF7O2/c18-12-8-6-11(7-9-12)13(10-4-2-1-3-5-10)27-14(26)15(19,20)16(21,22)17(23,24)25/h1-9,13H. The molecule has 0 saturated carbocycles. The molecule has 1 unspecified atom stereocenters. The van der Waals surface area contributed by atoms with Gasteiger partial charge in [0.25, 0.3) is 0 Å². The fraction of sp³-hybridized carbons (Fsp3) is 0.235. The largest absolute Gasteiger partial charge is 0.460 e. The zero-order valence-corrected chi connectivity index (χ0v) is 13.9. The maximum Gasteiger partial charge on any atom is 0.460 e. The third-order valence-electron chi connectivity index (χ3n) is 3.51. The number of carbonyl (C=O) groups is 1. The first kappa shape index (κ1) is 21.0. The highest BCUT2D eigenvalue weighted by molar-refractivity contribution is 6.30. The zero-order valence-electron chi connectivity index (χ0n) is 13.1.